The van der Waals surface area contributed by atoms with E-state index in [9.17, 15) is 12.8 Å². The highest BCUT2D eigenvalue weighted by Crippen LogP contribution is 2.11. The molecule has 1 aliphatic rings. The largest absolute Gasteiger partial charge is 0.314 e. The van der Waals surface area contributed by atoms with Gasteiger partial charge in [0.05, 0.1) is 5.75 Å². The van der Waals surface area contributed by atoms with Crippen molar-refractivity contribution >= 4 is 10.0 Å². The molecule has 1 unspecified atom stereocenters. The van der Waals surface area contributed by atoms with E-state index in [0.29, 0.717) is 24.4 Å². The maximum atomic E-state index is 13.4. The summed E-state index contributed by atoms with van der Waals surface area (Å²) in [5, 5.41) is 3.34. The Balaban J connectivity index is 1.72. The lowest BCUT2D eigenvalue weighted by Crippen LogP contribution is -2.37. The smallest absolute Gasteiger partial charge is 0.211 e. The SMILES string of the molecule is O=S(=O)(CCC1CCCCN1)NCCc1ccccc1F. The molecule has 2 rings (SSSR count). The van der Waals surface area contributed by atoms with Gasteiger partial charge in [0.1, 0.15) is 5.82 Å². The second-order valence-electron chi connectivity index (χ2n) is 5.49. The Hall–Kier alpha value is -0.980. The summed E-state index contributed by atoms with van der Waals surface area (Å²) in [7, 11) is -3.28. The third kappa shape index (κ3) is 5.73. The summed E-state index contributed by atoms with van der Waals surface area (Å²) in [5.74, 6) is -0.162. The number of halogens is 1. The topological polar surface area (TPSA) is 58.2 Å². The number of sulfonamides is 1. The lowest BCUT2D eigenvalue weighted by Gasteiger charge is -2.23. The van der Waals surface area contributed by atoms with Crippen LogP contribution in [-0.2, 0) is 16.4 Å². The average molecular weight is 314 g/mol. The fourth-order valence-electron chi connectivity index (χ4n) is 2.58. The molecule has 1 aromatic carbocycles. The summed E-state index contributed by atoms with van der Waals surface area (Å²) in [6.07, 6.45) is 4.38. The molecule has 1 saturated heterocycles. The second kappa shape index (κ2) is 7.87. The van der Waals surface area contributed by atoms with Gasteiger partial charge in [-0.25, -0.2) is 17.5 Å². The first-order chi connectivity index (χ1) is 10.1. The van der Waals surface area contributed by atoms with Crippen LogP contribution in [0.5, 0.6) is 0 Å². The van der Waals surface area contributed by atoms with Crippen LogP contribution in [0.2, 0.25) is 0 Å². The normalized spacial score (nSPS) is 19.6. The molecular formula is C15H23FN2O2S. The highest BCUT2D eigenvalue weighted by molar-refractivity contribution is 7.89. The molecule has 0 radical (unpaired) electrons. The predicted octanol–water partition coefficient (Wildman–Crippen LogP) is 1.82. The van der Waals surface area contributed by atoms with Crippen LogP contribution in [0, 0.1) is 5.82 Å². The maximum absolute atomic E-state index is 13.4. The second-order valence-corrected chi connectivity index (χ2v) is 7.42. The van der Waals surface area contributed by atoms with Crippen LogP contribution in [0.15, 0.2) is 24.3 Å². The zero-order valence-corrected chi connectivity index (χ0v) is 13.0. The van der Waals surface area contributed by atoms with Crippen LogP contribution in [0.25, 0.3) is 0 Å². The molecule has 0 aromatic heterocycles. The predicted molar refractivity (Wildman–Crippen MR) is 82.2 cm³/mol. The molecule has 0 bridgehead atoms. The minimum absolute atomic E-state index is 0.127. The summed E-state index contributed by atoms with van der Waals surface area (Å²) >= 11 is 0. The molecule has 1 aliphatic heterocycles. The Labute approximate surface area is 126 Å². The van der Waals surface area contributed by atoms with Crippen LogP contribution in [-0.4, -0.2) is 33.3 Å². The van der Waals surface area contributed by atoms with E-state index in [1.807, 2.05) is 0 Å². The summed E-state index contributed by atoms with van der Waals surface area (Å²) < 4.78 is 39.8. The van der Waals surface area contributed by atoms with E-state index in [2.05, 4.69) is 10.0 Å². The molecule has 6 heteroatoms. The zero-order valence-electron chi connectivity index (χ0n) is 12.1. The van der Waals surface area contributed by atoms with Crippen LogP contribution < -0.4 is 10.0 Å². The summed E-state index contributed by atoms with van der Waals surface area (Å²) in [5.41, 5.74) is 0.536. The molecule has 1 atom stereocenters. The standard InChI is InChI=1S/C15H23FN2O2S/c16-15-7-2-1-5-13(15)8-11-18-21(19,20)12-9-14-6-3-4-10-17-14/h1-2,5,7,14,17-18H,3-4,6,8-12H2. The molecule has 0 saturated carbocycles. The van der Waals surface area contributed by atoms with Gasteiger partial charge in [-0.15, -0.1) is 0 Å². The van der Waals surface area contributed by atoms with Crippen molar-refractivity contribution in [2.24, 2.45) is 0 Å². The zero-order chi connectivity index (χ0) is 15.1. The summed E-state index contributed by atoms with van der Waals surface area (Å²) in [4.78, 5) is 0. The van der Waals surface area contributed by atoms with Crippen molar-refractivity contribution in [1.82, 2.24) is 10.0 Å². The Morgan fingerprint density at radius 2 is 2.10 bits per heavy atom. The summed E-state index contributed by atoms with van der Waals surface area (Å²) in [6.45, 7) is 1.22. The van der Waals surface area contributed by atoms with E-state index in [-0.39, 0.29) is 18.1 Å². The van der Waals surface area contributed by atoms with Gasteiger partial charge in [-0.05, 0) is 43.9 Å². The van der Waals surface area contributed by atoms with Gasteiger partial charge in [-0.1, -0.05) is 24.6 Å². The first-order valence-corrected chi connectivity index (χ1v) is 9.16. The Morgan fingerprint density at radius 3 is 2.81 bits per heavy atom. The molecule has 0 spiro atoms. The van der Waals surface area contributed by atoms with E-state index >= 15 is 0 Å². The van der Waals surface area contributed by atoms with Crippen molar-refractivity contribution in [3.63, 3.8) is 0 Å². The van der Waals surface area contributed by atoms with E-state index in [1.165, 1.54) is 18.9 Å². The van der Waals surface area contributed by atoms with Gasteiger partial charge >= 0.3 is 0 Å². The van der Waals surface area contributed by atoms with E-state index in [1.54, 1.807) is 18.2 Å². The highest BCUT2D eigenvalue weighted by Gasteiger charge is 2.17. The lowest BCUT2D eigenvalue weighted by molar-refractivity contribution is 0.392. The van der Waals surface area contributed by atoms with E-state index in [4.69, 9.17) is 0 Å². The Morgan fingerprint density at radius 1 is 1.29 bits per heavy atom. The number of rotatable bonds is 7. The number of piperidine rings is 1. The average Bonchev–Trinajstić information content (AvgIpc) is 2.48. The molecule has 1 heterocycles. The first kappa shape index (κ1) is 16.4. The molecule has 0 aliphatic carbocycles. The van der Waals surface area contributed by atoms with Crippen LogP contribution in [0.4, 0.5) is 4.39 Å². The van der Waals surface area contributed by atoms with E-state index < -0.39 is 10.0 Å². The minimum Gasteiger partial charge on any atom is -0.314 e. The Kier molecular flexibility index (Phi) is 6.14. The number of nitrogens with one attached hydrogen (secondary N) is 2. The monoisotopic (exact) mass is 314 g/mol. The van der Waals surface area contributed by atoms with Gasteiger partial charge in [0.25, 0.3) is 0 Å². The molecule has 2 N–H and O–H groups in total. The minimum atomic E-state index is -3.28. The Bertz CT molecular complexity index is 542. The van der Waals surface area contributed by atoms with Gasteiger partial charge < -0.3 is 5.32 Å². The van der Waals surface area contributed by atoms with Gasteiger partial charge in [0.15, 0.2) is 0 Å². The lowest BCUT2D eigenvalue weighted by atomic mass is 10.0. The van der Waals surface area contributed by atoms with Gasteiger partial charge in [0, 0.05) is 12.6 Å². The molecule has 21 heavy (non-hydrogen) atoms. The highest BCUT2D eigenvalue weighted by atomic mass is 32.2. The quantitative estimate of drug-likeness (QED) is 0.807. The third-order valence-corrected chi connectivity index (χ3v) is 5.24. The molecule has 1 aromatic rings. The fourth-order valence-corrected chi connectivity index (χ4v) is 3.73. The van der Waals surface area contributed by atoms with Gasteiger partial charge in [-0.2, -0.15) is 0 Å². The number of hydrogen-bond acceptors (Lipinski definition) is 3. The van der Waals surface area contributed by atoms with Crippen LogP contribution in [0.3, 0.4) is 0 Å². The van der Waals surface area contributed by atoms with E-state index in [0.717, 1.165) is 13.0 Å². The third-order valence-electron chi connectivity index (χ3n) is 3.82. The fraction of sp³-hybridized carbons (Fsp3) is 0.600. The molecular weight excluding hydrogens is 291 g/mol. The molecule has 118 valence electrons. The van der Waals surface area contributed by atoms with Crippen molar-refractivity contribution in [3.8, 4) is 0 Å². The van der Waals surface area contributed by atoms with Crippen LogP contribution >= 0.6 is 0 Å². The number of hydrogen-bond donors (Lipinski definition) is 2. The number of benzene rings is 1. The maximum Gasteiger partial charge on any atom is 0.211 e. The van der Waals surface area contributed by atoms with Crippen molar-refractivity contribution in [2.75, 3.05) is 18.8 Å². The van der Waals surface area contributed by atoms with Crippen LogP contribution in [0.1, 0.15) is 31.2 Å². The molecule has 4 nitrogen and oxygen atoms in total. The van der Waals surface area contributed by atoms with Crippen molar-refractivity contribution in [3.05, 3.63) is 35.6 Å². The van der Waals surface area contributed by atoms with Crippen molar-refractivity contribution in [1.29, 1.82) is 0 Å². The molecule has 0 amide bonds. The molecule has 1 fully saturated rings. The van der Waals surface area contributed by atoms with Gasteiger partial charge in [-0.3, -0.25) is 0 Å². The van der Waals surface area contributed by atoms with Crippen molar-refractivity contribution in [2.45, 2.75) is 38.1 Å². The summed E-state index contributed by atoms with van der Waals surface area (Å²) in [6, 6.07) is 6.75. The first-order valence-electron chi connectivity index (χ1n) is 7.51. The van der Waals surface area contributed by atoms with Gasteiger partial charge in [0.2, 0.25) is 10.0 Å². The van der Waals surface area contributed by atoms with Crippen molar-refractivity contribution < 1.29 is 12.8 Å².